The van der Waals surface area contributed by atoms with E-state index >= 15 is 0 Å². The maximum Gasteiger partial charge on any atom is 0.0543 e. The Hall–Kier alpha value is -0.0400. The van der Waals surface area contributed by atoms with Gasteiger partial charge in [0, 0.05) is 0 Å². The Morgan fingerprint density at radius 2 is 1.74 bits per heavy atom. The van der Waals surface area contributed by atoms with Crippen molar-refractivity contribution in [2.45, 2.75) is 97.0 Å². The lowest BCUT2D eigenvalue weighted by Crippen LogP contribution is -2.43. The van der Waals surface area contributed by atoms with E-state index in [2.05, 4.69) is 13.8 Å². The Morgan fingerprint density at radius 3 is 2.57 bits per heavy atom. The first-order valence-electron chi connectivity index (χ1n) is 10.8. The zero-order valence-corrected chi connectivity index (χ0v) is 15.5. The van der Waals surface area contributed by atoms with E-state index in [0.29, 0.717) is 5.41 Å². The molecule has 1 N–H and O–H groups in total. The predicted molar refractivity (Wildman–Crippen MR) is 96.1 cm³/mol. The molecule has 1 heteroatoms. The van der Waals surface area contributed by atoms with Crippen LogP contribution in [0.5, 0.6) is 0 Å². The predicted octanol–water partition coefficient (Wildman–Crippen LogP) is 5.81. The lowest BCUT2D eigenvalue weighted by Gasteiger charge is -2.50. The van der Waals surface area contributed by atoms with Crippen LogP contribution in [0.2, 0.25) is 0 Å². The highest BCUT2D eigenvalue weighted by Gasteiger charge is 2.54. The second-order valence-corrected chi connectivity index (χ2v) is 9.86. The molecule has 8 atom stereocenters. The molecule has 1 nitrogen and oxygen atoms in total. The van der Waals surface area contributed by atoms with E-state index in [1.165, 1.54) is 64.2 Å². The summed E-state index contributed by atoms with van der Waals surface area (Å²) in [6.45, 7) is 5.07. The van der Waals surface area contributed by atoms with Crippen molar-refractivity contribution in [2.24, 2.45) is 40.9 Å². The number of hydrogen-bond donors (Lipinski definition) is 1. The summed E-state index contributed by atoms with van der Waals surface area (Å²) in [6, 6.07) is 0. The van der Waals surface area contributed by atoms with Crippen LogP contribution >= 0.6 is 0 Å². The van der Waals surface area contributed by atoms with Gasteiger partial charge in [-0.05, 0) is 98.7 Å². The van der Waals surface area contributed by atoms with Gasteiger partial charge in [0.1, 0.15) is 0 Å². The van der Waals surface area contributed by atoms with Gasteiger partial charge in [0.15, 0.2) is 0 Å². The number of aliphatic hydroxyl groups is 1. The third-order valence-corrected chi connectivity index (χ3v) is 9.00. The van der Waals surface area contributed by atoms with Gasteiger partial charge in [0.05, 0.1) is 6.10 Å². The third kappa shape index (κ3) is 2.70. The largest absolute Gasteiger partial charge is 0.393 e. The number of aliphatic hydroxyl groups excluding tert-OH is 1. The number of rotatable bonds is 2. The van der Waals surface area contributed by atoms with E-state index in [1.54, 1.807) is 0 Å². The summed E-state index contributed by atoms with van der Waals surface area (Å²) in [5.74, 6) is 5.90. The van der Waals surface area contributed by atoms with Crippen molar-refractivity contribution in [1.82, 2.24) is 0 Å². The smallest absolute Gasteiger partial charge is 0.0543 e. The third-order valence-electron chi connectivity index (χ3n) is 9.00. The minimum absolute atomic E-state index is 0.0178. The van der Waals surface area contributed by atoms with Crippen LogP contribution in [0.4, 0.5) is 0 Å². The second-order valence-electron chi connectivity index (χ2n) is 9.86. The van der Waals surface area contributed by atoms with Gasteiger partial charge in [-0.3, -0.25) is 0 Å². The van der Waals surface area contributed by atoms with E-state index in [4.69, 9.17) is 0 Å². The molecule has 0 aromatic heterocycles. The van der Waals surface area contributed by atoms with Crippen molar-refractivity contribution in [3.05, 3.63) is 0 Å². The summed E-state index contributed by atoms with van der Waals surface area (Å²) in [5.41, 5.74) is 0.663. The standard InChI is InChI=1S/C22H38O/c1-3-5-16-8-12-21-20-10-7-15-14-17(23)9-11-18(15)19(20)6-4-13-22(16,21)2/h15-21,23H,3-14H2,1-2H3/t15-,16?,17?,18?,19?,20?,21?,22?/m0/s1. The fourth-order valence-electron chi connectivity index (χ4n) is 8.00. The minimum atomic E-state index is 0.0178. The minimum Gasteiger partial charge on any atom is -0.393 e. The van der Waals surface area contributed by atoms with E-state index in [1.807, 2.05) is 0 Å². The fraction of sp³-hybridized carbons (Fsp3) is 1.00. The molecular weight excluding hydrogens is 280 g/mol. The van der Waals surface area contributed by atoms with Crippen molar-refractivity contribution in [1.29, 1.82) is 0 Å². The molecule has 0 bridgehead atoms. The van der Waals surface area contributed by atoms with Gasteiger partial charge in [-0.2, -0.15) is 0 Å². The molecule has 7 unspecified atom stereocenters. The first-order chi connectivity index (χ1) is 11.1. The van der Waals surface area contributed by atoms with Crippen LogP contribution in [0.3, 0.4) is 0 Å². The molecule has 4 aliphatic carbocycles. The summed E-state index contributed by atoms with van der Waals surface area (Å²) in [4.78, 5) is 0. The first kappa shape index (κ1) is 16.4. The topological polar surface area (TPSA) is 20.2 Å². The molecule has 0 saturated heterocycles. The summed E-state index contributed by atoms with van der Waals surface area (Å²) in [6.07, 6.45) is 16.9. The van der Waals surface area contributed by atoms with Crippen LogP contribution in [0.1, 0.15) is 90.9 Å². The summed E-state index contributed by atoms with van der Waals surface area (Å²) < 4.78 is 0. The van der Waals surface area contributed by atoms with Crippen molar-refractivity contribution >= 4 is 0 Å². The van der Waals surface area contributed by atoms with Gasteiger partial charge in [-0.1, -0.05) is 33.1 Å². The molecule has 0 heterocycles. The average molecular weight is 319 g/mol. The van der Waals surface area contributed by atoms with Gasteiger partial charge in [0.2, 0.25) is 0 Å². The summed E-state index contributed by atoms with van der Waals surface area (Å²) >= 11 is 0. The molecule has 0 radical (unpaired) electrons. The molecule has 23 heavy (non-hydrogen) atoms. The monoisotopic (exact) mass is 318 g/mol. The van der Waals surface area contributed by atoms with Gasteiger partial charge < -0.3 is 5.11 Å². The van der Waals surface area contributed by atoms with E-state index in [9.17, 15) is 5.11 Å². The van der Waals surface area contributed by atoms with Crippen molar-refractivity contribution in [3.8, 4) is 0 Å². The van der Waals surface area contributed by atoms with Crippen LogP contribution in [0.25, 0.3) is 0 Å². The van der Waals surface area contributed by atoms with Crippen LogP contribution in [0.15, 0.2) is 0 Å². The molecule has 0 aromatic rings. The number of hydrogen-bond acceptors (Lipinski definition) is 1. The molecular formula is C22H38O. The molecule has 132 valence electrons. The Kier molecular flexibility index (Phi) is 4.54. The quantitative estimate of drug-likeness (QED) is 0.681. The van der Waals surface area contributed by atoms with Crippen molar-refractivity contribution in [2.75, 3.05) is 0 Å². The summed E-state index contributed by atoms with van der Waals surface area (Å²) in [5, 5.41) is 10.1. The van der Waals surface area contributed by atoms with E-state index < -0.39 is 0 Å². The molecule has 4 aliphatic rings. The Bertz CT molecular complexity index is 418. The Balaban J connectivity index is 1.56. The lowest BCUT2D eigenvalue weighted by molar-refractivity contribution is -0.0305. The molecule has 0 aliphatic heterocycles. The molecule has 0 spiro atoms. The van der Waals surface area contributed by atoms with Crippen molar-refractivity contribution < 1.29 is 5.11 Å². The van der Waals surface area contributed by atoms with Crippen LogP contribution in [-0.4, -0.2) is 11.2 Å². The van der Waals surface area contributed by atoms with Gasteiger partial charge in [-0.15, -0.1) is 0 Å². The zero-order valence-electron chi connectivity index (χ0n) is 15.5. The fourth-order valence-corrected chi connectivity index (χ4v) is 8.00. The van der Waals surface area contributed by atoms with Crippen molar-refractivity contribution in [3.63, 3.8) is 0 Å². The normalized spacial score (nSPS) is 53.1. The second kappa shape index (κ2) is 6.36. The first-order valence-corrected chi connectivity index (χ1v) is 10.8. The van der Waals surface area contributed by atoms with Gasteiger partial charge >= 0.3 is 0 Å². The zero-order chi connectivity index (χ0) is 16.0. The number of fused-ring (bicyclic) bond motifs is 5. The molecule has 4 saturated carbocycles. The Labute approximate surface area is 143 Å². The SMILES string of the molecule is CCCC1CCC2C3CC[C@H]4CC(O)CCC4C3CCCC12C. The van der Waals surface area contributed by atoms with Gasteiger partial charge in [0.25, 0.3) is 0 Å². The lowest BCUT2D eigenvalue weighted by atomic mass is 9.56. The molecule has 4 rings (SSSR count). The van der Waals surface area contributed by atoms with Crippen LogP contribution in [0, 0.1) is 40.9 Å². The molecule has 0 amide bonds. The Morgan fingerprint density at radius 1 is 0.913 bits per heavy atom. The van der Waals surface area contributed by atoms with E-state index in [0.717, 1.165) is 48.3 Å². The highest BCUT2D eigenvalue weighted by atomic mass is 16.3. The molecule has 4 fully saturated rings. The van der Waals surface area contributed by atoms with Crippen LogP contribution < -0.4 is 0 Å². The maximum absolute atomic E-state index is 10.1. The molecule has 0 aromatic carbocycles. The van der Waals surface area contributed by atoms with Crippen LogP contribution in [-0.2, 0) is 0 Å². The maximum atomic E-state index is 10.1. The van der Waals surface area contributed by atoms with Gasteiger partial charge in [-0.25, -0.2) is 0 Å². The highest BCUT2D eigenvalue weighted by Crippen LogP contribution is 2.63. The average Bonchev–Trinajstić information content (AvgIpc) is 2.76. The summed E-state index contributed by atoms with van der Waals surface area (Å²) in [7, 11) is 0. The highest BCUT2D eigenvalue weighted by molar-refractivity contribution is 5.04. The van der Waals surface area contributed by atoms with E-state index in [-0.39, 0.29) is 6.10 Å².